The summed E-state index contributed by atoms with van der Waals surface area (Å²) in [7, 11) is 0. The molecule has 1 saturated heterocycles. The summed E-state index contributed by atoms with van der Waals surface area (Å²) >= 11 is 0. The number of aliphatic carboxylic acids is 1. The van der Waals surface area contributed by atoms with Crippen LogP contribution in [0.5, 0.6) is 0 Å². The second-order valence-electron chi connectivity index (χ2n) is 2.20. The first kappa shape index (κ1) is 7.40. The van der Waals surface area contributed by atoms with Gasteiger partial charge in [0.15, 0.2) is 12.5 Å². The van der Waals surface area contributed by atoms with Crippen LogP contribution in [0, 0.1) is 5.92 Å². The van der Waals surface area contributed by atoms with Gasteiger partial charge in [0.1, 0.15) is 5.92 Å². The molecular weight excluding hydrogens is 144 g/mol. The molecule has 3 unspecified atom stereocenters. The zero-order valence-electron chi connectivity index (χ0n) is 5.05. The first-order chi connectivity index (χ1) is 4.63. The Morgan fingerprint density at radius 2 is 2.20 bits per heavy atom. The number of hydrogen-bond donors (Lipinski definition) is 2. The zero-order chi connectivity index (χ0) is 7.72. The van der Waals surface area contributed by atoms with Crippen LogP contribution >= 0.6 is 0 Å². The Balaban J connectivity index is 2.57. The molecule has 1 aliphatic rings. The summed E-state index contributed by atoms with van der Waals surface area (Å²) in [5.74, 6) is -2.52. The molecule has 0 amide bonds. The van der Waals surface area contributed by atoms with Gasteiger partial charge in [-0.05, 0) is 0 Å². The molecule has 0 aliphatic carbocycles. The molecule has 5 heteroatoms. The molecule has 0 saturated carbocycles. The average Bonchev–Trinajstić information content (AvgIpc) is 2.14. The molecule has 10 heavy (non-hydrogen) atoms. The van der Waals surface area contributed by atoms with Gasteiger partial charge in [-0.15, -0.1) is 0 Å². The van der Waals surface area contributed by atoms with Crippen molar-refractivity contribution in [1.29, 1.82) is 0 Å². The van der Waals surface area contributed by atoms with Crippen LogP contribution in [0.15, 0.2) is 0 Å². The maximum atomic E-state index is 12.4. The van der Waals surface area contributed by atoms with Crippen molar-refractivity contribution in [3.63, 3.8) is 0 Å². The third-order valence-corrected chi connectivity index (χ3v) is 1.51. The van der Waals surface area contributed by atoms with Gasteiger partial charge in [-0.2, -0.15) is 0 Å². The van der Waals surface area contributed by atoms with Crippen molar-refractivity contribution in [2.45, 2.75) is 12.5 Å². The zero-order valence-corrected chi connectivity index (χ0v) is 5.05. The molecule has 1 heterocycles. The minimum Gasteiger partial charge on any atom is -0.481 e. The lowest BCUT2D eigenvalue weighted by atomic mass is 10.1. The maximum absolute atomic E-state index is 12.4. The highest BCUT2D eigenvalue weighted by Gasteiger charge is 2.40. The lowest BCUT2D eigenvalue weighted by molar-refractivity contribution is -0.143. The Kier molecular flexibility index (Phi) is 1.85. The van der Waals surface area contributed by atoms with Crippen LogP contribution in [-0.2, 0) is 4.79 Å². The smallest absolute Gasteiger partial charge is 0.310 e. The van der Waals surface area contributed by atoms with Gasteiger partial charge >= 0.3 is 5.97 Å². The van der Waals surface area contributed by atoms with Gasteiger partial charge in [-0.1, -0.05) is 0 Å². The van der Waals surface area contributed by atoms with E-state index in [0.29, 0.717) is 0 Å². The summed E-state index contributed by atoms with van der Waals surface area (Å²) < 4.78 is 24.6. The molecule has 0 aromatic rings. The number of carboxylic acid groups (broad SMARTS) is 1. The highest BCUT2D eigenvalue weighted by molar-refractivity contribution is 5.71. The van der Waals surface area contributed by atoms with E-state index >= 15 is 0 Å². The molecule has 3 atom stereocenters. The summed E-state index contributed by atoms with van der Waals surface area (Å²) in [6.45, 7) is -0.127. The van der Waals surface area contributed by atoms with Crippen LogP contribution < -0.4 is 5.32 Å². The van der Waals surface area contributed by atoms with Crippen molar-refractivity contribution >= 4 is 5.97 Å². The van der Waals surface area contributed by atoms with E-state index in [0.717, 1.165) is 0 Å². The van der Waals surface area contributed by atoms with Crippen molar-refractivity contribution in [3.05, 3.63) is 0 Å². The van der Waals surface area contributed by atoms with E-state index in [1.54, 1.807) is 0 Å². The summed E-state index contributed by atoms with van der Waals surface area (Å²) in [5.41, 5.74) is 0. The molecule has 2 N–H and O–H groups in total. The quantitative estimate of drug-likeness (QED) is 0.515. The SMILES string of the molecule is O=C(O)C1CNC(F)C1F. The molecule has 1 rings (SSSR count). The normalized spacial score (nSPS) is 40.0. The van der Waals surface area contributed by atoms with Gasteiger partial charge in [0.25, 0.3) is 0 Å². The minimum atomic E-state index is -1.91. The number of carboxylic acids is 1. The van der Waals surface area contributed by atoms with Crippen molar-refractivity contribution < 1.29 is 18.7 Å². The lowest BCUT2D eigenvalue weighted by Gasteiger charge is -2.04. The van der Waals surface area contributed by atoms with Crippen LogP contribution in [-0.4, -0.2) is 30.1 Å². The molecule has 0 aromatic heterocycles. The van der Waals surface area contributed by atoms with Crippen LogP contribution in [0.2, 0.25) is 0 Å². The van der Waals surface area contributed by atoms with Crippen LogP contribution in [0.25, 0.3) is 0 Å². The van der Waals surface area contributed by atoms with E-state index < -0.39 is 24.4 Å². The first-order valence-electron chi connectivity index (χ1n) is 2.87. The summed E-state index contributed by atoms with van der Waals surface area (Å²) in [6.07, 6.45) is -3.72. The highest BCUT2D eigenvalue weighted by atomic mass is 19.2. The van der Waals surface area contributed by atoms with Gasteiger partial charge in [0.05, 0.1) is 0 Å². The fraction of sp³-hybridized carbons (Fsp3) is 0.800. The minimum absolute atomic E-state index is 0.127. The highest BCUT2D eigenvalue weighted by Crippen LogP contribution is 2.19. The molecular formula is C5H7F2NO2. The fourth-order valence-corrected chi connectivity index (χ4v) is 0.892. The number of rotatable bonds is 1. The average molecular weight is 151 g/mol. The van der Waals surface area contributed by atoms with E-state index in [9.17, 15) is 13.6 Å². The number of hydrogen-bond acceptors (Lipinski definition) is 2. The molecule has 0 aromatic carbocycles. The molecule has 1 fully saturated rings. The summed E-state index contributed by atoms with van der Waals surface area (Å²) in [4.78, 5) is 10.1. The largest absolute Gasteiger partial charge is 0.481 e. The Bertz CT molecular complexity index is 153. The molecule has 1 aliphatic heterocycles. The maximum Gasteiger partial charge on any atom is 0.310 e. The van der Waals surface area contributed by atoms with Crippen molar-refractivity contribution in [1.82, 2.24) is 5.32 Å². The van der Waals surface area contributed by atoms with Gasteiger partial charge in [-0.25, -0.2) is 8.78 Å². The predicted molar refractivity (Wildman–Crippen MR) is 28.9 cm³/mol. The third-order valence-electron chi connectivity index (χ3n) is 1.51. The molecule has 0 radical (unpaired) electrons. The van der Waals surface area contributed by atoms with Gasteiger partial charge in [-0.3, -0.25) is 10.1 Å². The van der Waals surface area contributed by atoms with Crippen LogP contribution in [0.3, 0.4) is 0 Å². The Morgan fingerprint density at radius 3 is 2.40 bits per heavy atom. The standard InChI is InChI=1S/C5H7F2NO2/c6-3-2(5(9)10)1-8-4(3)7/h2-4,8H,1H2,(H,9,10). The van der Waals surface area contributed by atoms with Crippen molar-refractivity contribution in [3.8, 4) is 0 Å². The molecule has 0 bridgehead atoms. The van der Waals surface area contributed by atoms with E-state index in [4.69, 9.17) is 5.11 Å². The predicted octanol–water partition coefficient (Wildman–Crippen LogP) is -0.0759. The van der Waals surface area contributed by atoms with E-state index in [-0.39, 0.29) is 6.54 Å². The fourth-order valence-electron chi connectivity index (χ4n) is 0.892. The van der Waals surface area contributed by atoms with Gasteiger partial charge < -0.3 is 5.11 Å². The molecule has 0 spiro atoms. The number of alkyl halides is 2. The van der Waals surface area contributed by atoms with Crippen molar-refractivity contribution in [2.24, 2.45) is 5.92 Å². The first-order valence-corrected chi connectivity index (χ1v) is 2.87. The number of halogens is 2. The Labute approximate surface area is 56.0 Å². The summed E-state index contributed by atoms with van der Waals surface area (Å²) in [6, 6.07) is 0. The third kappa shape index (κ3) is 1.09. The lowest BCUT2D eigenvalue weighted by Crippen LogP contribution is -2.25. The van der Waals surface area contributed by atoms with Crippen LogP contribution in [0.4, 0.5) is 8.78 Å². The topological polar surface area (TPSA) is 49.3 Å². The van der Waals surface area contributed by atoms with E-state index in [1.165, 1.54) is 0 Å². The molecule has 3 nitrogen and oxygen atoms in total. The van der Waals surface area contributed by atoms with Gasteiger partial charge in [0, 0.05) is 6.54 Å². The Hall–Kier alpha value is -0.710. The Morgan fingerprint density at radius 1 is 1.60 bits per heavy atom. The number of nitrogens with one attached hydrogen (secondary N) is 1. The summed E-state index contributed by atoms with van der Waals surface area (Å²) in [5, 5.41) is 10.3. The molecule has 58 valence electrons. The number of carbonyl (C=O) groups is 1. The van der Waals surface area contributed by atoms with E-state index in [1.807, 2.05) is 0 Å². The van der Waals surface area contributed by atoms with E-state index in [2.05, 4.69) is 5.32 Å². The second-order valence-corrected chi connectivity index (χ2v) is 2.20. The second kappa shape index (κ2) is 2.49. The van der Waals surface area contributed by atoms with Crippen molar-refractivity contribution in [2.75, 3.05) is 6.54 Å². The van der Waals surface area contributed by atoms with Gasteiger partial charge in [0.2, 0.25) is 0 Å². The van der Waals surface area contributed by atoms with Crippen LogP contribution in [0.1, 0.15) is 0 Å². The monoisotopic (exact) mass is 151 g/mol.